The van der Waals surface area contributed by atoms with Gasteiger partial charge in [0.2, 0.25) is 5.95 Å². The van der Waals surface area contributed by atoms with Crippen LogP contribution in [0.4, 0.5) is 17.5 Å². The summed E-state index contributed by atoms with van der Waals surface area (Å²) in [7, 11) is 1.98. The van der Waals surface area contributed by atoms with Gasteiger partial charge in [-0.15, -0.1) is 0 Å². The van der Waals surface area contributed by atoms with Crippen molar-refractivity contribution in [2.24, 2.45) is 0 Å². The van der Waals surface area contributed by atoms with E-state index in [1.165, 1.54) is 0 Å². The molecular formula is C25H30N8O2. The van der Waals surface area contributed by atoms with E-state index in [-0.39, 0.29) is 18.4 Å². The molecule has 0 saturated carbocycles. The van der Waals surface area contributed by atoms with Gasteiger partial charge in [-0.05, 0) is 49.7 Å². The van der Waals surface area contributed by atoms with Gasteiger partial charge in [0.1, 0.15) is 12.1 Å². The molecule has 10 heteroatoms. The summed E-state index contributed by atoms with van der Waals surface area (Å²) in [4.78, 5) is 25.4. The quantitative estimate of drug-likeness (QED) is 0.418. The Kier molecular flexibility index (Phi) is 6.37. The van der Waals surface area contributed by atoms with Crippen LogP contribution in [-0.4, -0.2) is 80.6 Å². The van der Waals surface area contributed by atoms with Crippen LogP contribution in [-0.2, 0) is 0 Å². The first-order valence-electron chi connectivity index (χ1n) is 11.8. The van der Waals surface area contributed by atoms with E-state index in [1.54, 1.807) is 30.9 Å². The highest BCUT2D eigenvalue weighted by molar-refractivity contribution is 5.86. The highest BCUT2D eigenvalue weighted by atomic mass is 16.3. The fourth-order valence-electron chi connectivity index (χ4n) is 4.36. The zero-order valence-corrected chi connectivity index (χ0v) is 20.0. The summed E-state index contributed by atoms with van der Waals surface area (Å²) in [5, 5.41) is 19.1. The summed E-state index contributed by atoms with van der Waals surface area (Å²) in [5.74, 6) is 1.67. The number of phenols is 1. The Labute approximate surface area is 204 Å². The lowest BCUT2D eigenvalue weighted by molar-refractivity contribution is 0.277. The van der Waals surface area contributed by atoms with Crippen molar-refractivity contribution in [1.29, 1.82) is 0 Å². The molecule has 0 radical (unpaired) electrons. The van der Waals surface area contributed by atoms with Crippen molar-refractivity contribution in [3.8, 4) is 11.4 Å². The summed E-state index contributed by atoms with van der Waals surface area (Å²) in [6, 6.07) is 11.3. The highest BCUT2D eigenvalue weighted by Crippen LogP contribution is 2.29. The third-order valence-electron chi connectivity index (χ3n) is 6.61. The van der Waals surface area contributed by atoms with Gasteiger partial charge in [-0.25, -0.2) is 4.98 Å². The molecule has 0 aliphatic carbocycles. The van der Waals surface area contributed by atoms with E-state index in [0.29, 0.717) is 17.9 Å². The molecule has 5 rings (SSSR count). The van der Waals surface area contributed by atoms with Gasteiger partial charge in [-0.1, -0.05) is 0 Å². The van der Waals surface area contributed by atoms with Crippen LogP contribution in [0.1, 0.15) is 13.3 Å². The van der Waals surface area contributed by atoms with Gasteiger partial charge in [0.05, 0.1) is 11.9 Å². The first kappa shape index (κ1) is 22.9. The van der Waals surface area contributed by atoms with Gasteiger partial charge in [0.15, 0.2) is 17.0 Å². The second-order valence-corrected chi connectivity index (χ2v) is 8.81. The number of aliphatic hydroxyl groups is 1. The number of piperazine rings is 1. The SMILES string of the molecule is CC(CCO)N(C)c1nc(N2CCN(c3ccc(O)cc3)CC2)nc2c1ncn2-c1cccnc1. The van der Waals surface area contributed by atoms with Crippen LogP contribution < -0.4 is 14.7 Å². The van der Waals surface area contributed by atoms with Gasteiger partial charge >= 0.3 is 0 Å². The largest absolute Gasteiger partial charge is 0.508 e. The predicted octanol–water partition coefficient (Wildman–Crippen LogP) is 2.45. The number of aliphatic hydroxyl groups excluding tert-OH is 1. The Hall–Kier alpha value is -3.92. The van der Waals surface area contributed by atoms with Crippen LogP contribution in [0.3, 0.4) is 0 Å². The van der Waals surface area contributed by atoms with Crippen molar-refractivity contribution in [3.63, 3.8) is 0 Å². The number of aromatic nitrogens is 5. The van der Waals surface area contributed by atoms with Crippen molar-refractivity contribution in [3.05, 3.63) is 55.1 Å². The number of rotatable bonds is 7. The monoisotopic (exact) mass is 474 g/mol. The molecule has 1 aliphatic rings. The number of fused-ring (bicyclic) bond motifs is 1. The molecule has 182 valence electrons. The fraction of sp³-hybridized carbons (Fsp3) is 0.360. The van der Waals surface area contributed by atoms with Gasteiger partial charge < -0.3 is 24.9 Å². The molecule has 0 amide bonds. The molecule has 1 aliphatic heterocycles. The number of hydrogen-bond acceptors (Lipinski definition) is 9. The first-order valence-corrected chi connectivity index (χ1v) is 11.8. The molecule has 1 saturated heterocycles. The number of nitrogens with zero attached hydrogens (tertiary/aromatic N) is 8. The molecule has 1 unspecified atom stereocenters. The summed E-state index contributed by atoms with van der Waals surface area (Å²) >= 11 is 0. The zero-order chi connectivity index (χ0) is 24.4. The van der Waals surface area contributed by atoms with Crippen molar-refractivity contribution in [2.75, 3.05) is 54.5 Å². The maximum Gasteiger partial charge on any atom is 0.229 e. The predicted molar refractivity (Wildman–Crippen MR) is 137 cm³/mol. The van der Waals surface area contributed by atoms with E-state index in [4.69, 9.17) is 9.97 Å². The molecule has 3 aromatic heterocycles. The van der Waals surface area contributed by atoms with Gasteiger partial charge in [-0.3, -0.25) is 9.55 Å². The summed E-state index contributed by atoms with van der Waals surface area (Å²) < 4.78 is 1.94. The van der Waals surface area contributed by atoms with Crippen molar-refractivity contribution < 1.29 is 10.2 Å². The number of pyridine rings is 1. The second-order valence-electron chi connectivity index (χ2n) is 8.81. The minimum atomic E-state index is 0.0841. The average molecular weight is 475 g/mol. The number of hydrogen-bond donors (Lipinski definition) is 2. The lowest BCUT2D eigenvalue weighted by Crippen LogP contribution is -2.47. The maximum atomic E-state index is 9.59. The number of anilines is 3. The lowest BCUT2D eigenvalue weighted by Gasteiger charge is -2.36. The summed E-state index contributed by atoms with van der Waals surface area (Å²) in [5.41, 5.74) is 3.41. The number of aromatic hydroxyl groups is 1. The molecule has 1 atom stereocenters. The third kappa shape index (κ3) is 4.57. The van der Waals surface area contributed by atoms with E-state index in [2.05, 4.69) is 31.6 Å². The number of phenolic OH excluding ortho intramolecular Hbond substituents is 1. The van der Waals surface area contributed by atoms with Crippen LogP contribution in [0.25, 0.3) is 16.9 Å². The van der Waals surface area contributed by atoms with Gasteiger partial charge in [-0.2, -0.15) is 9.97 Å². The molecule has 0 bridgehead atoms. The first-order chi connectivity index (χ1) is 17.0. The Bertz CT molecular complexity index is 1270. The molecule has 1 aromatic carbocycles. The second kappa shape index (κ2) is 9.75. The molecular weight excluding hydrogens is 444 g/mol. The topological polar surface area (TPSA) is 107 Å². The molecule has 35 heavy (non-hydrogen) atoms. The third-order valence-corrected chi connectivity index (χ3v) is 6.61. The number of benzene rings is 1. The van der Waals surface area contributed by atoms with Crippen molar-refractivity contribution in [1.82, 2.24) is 24.5 Å². The molecule has 4 heterocycles. The van der Waals surface area contributed by atoms with E-state index in [9.17, 15) is 10.2 Å². The van der Waals surface area contributed by atoms with Crippen LogP contribution in [0, 0.1) is 0 Å². The van der Waals surface area contributed by atoms with E-state index in [0.717, 1.165) is 49.0 Å². The molecule has 1 fully saturated rings. The standard InChI is InChI=1S/C25H30N8O2/c1-18(9-15-34)30(2)23-22-24(33(17-27-22)20-4-3-10-26-16-20)29-25(28-23)32-13-11-31(12-14-32)19-5-7-21(35)8-6-19/h3-8,10,16-18,34-35H,9,11-15H2,1-2H3. The summed E-state index contributed by atoms with van der Waals surface area (Å²) in [6.07, 6.45) is 5.92. The normalized spacial score (nSPS) is 14.9. The van der Waals surface area contributed by atoms with Gasteiger partial charge in [0, 0.05) is 57.8 Å². The van der Waals surface area contributed by atoms with Crippen LogP contribution in [0.15, 0.2) is 55.1 Å². The Morgan fingerprint density at radius 1 is 1.00 bits per heavy atom. The van der Waals surface area contributed by atoms with Crippen LogP contribution in [0.2, 0.25) is 0 Å². The lowest BCUT2D eigenvalue weighted by atomic mass is 10.2. The van der Waals surface area contributed by atoms with Crippen molar-refractivity contribution in [2.45, 2.75) is 19.4 Å². The van der Waals surface area contributed by atoms with Crippen molar-refractivity contribution >= 4 is 28.6 Å². The van der Waals surface area contributed by atoms with Crippen LogP contribution in [0.5, 0.6) is 5.75 Å². The van der Waals surface area contributed by atoms with Gasteiger partial charge in [0.25, 0.3) is 0 Å². The highest BCUT2D eigenvalue weighted by Gasteiger charge is 2.25. The fourth-order valence-corrected chi connectivity index (χ4v) is 4.36. The Morgan fingerprint density at radius 2 is 1.74 bits per heavy atom. The smallest absolute Gasteiger partial charge is 0.229 e. The average Bonchev–Trinajstić information content (AvgIpc) is 3.33. The maximum absolute atomic E-state index is 9.59. The summed E-state index contributed by atoms with van der Waals surface area (Å²) in [6.45, 7) is 5.35. The number of imidazole rings is 1. The molecule has 0 spiro atoms. The minimum Gasteiger partial charge on any atom is -0.508 e. The van der Waals surface area contributed by atoms with E-state index < -0.39 is 0 Å². The molecule has 4 aromatic rings. The van der Waals surface area contributed by atoms with E-state index in [1.807, 2.05) is 35.9 Å². The zero-order valence-electron chi connectivity index (χ0n) is 20.0. The molecule has 10 nitrogen and oxygen atoms in total. The van der Waals surface area contributed by atoms with E-state index >= 15 is 0 Å². The Balaban J connectivity index is 1.49. The molecule has 2 N–H and O–H groups in total. The van der Waals surface area contributed by atoms with Crippen LogP contribution >= 0.6 is 0 Å². The minimum absolute atomic E-state index is 0.0841. The Morgan fingerprint density at radius 3 is 2.43 bits per heavy atom.